The average Bonchev–Trinajstić information content (AvgIpc) is 2.36. The molecule has 0 saturated heterocycles. The Morgan fingerprint density at radius 3 is 2.68 bits per heavy atom. The summed E-state index contributed by atoms with van der Waals surface area (Å²) < 4.78 is 0. The van der Waals surface area contributed by atoms with Gasteiger partial charge >= 0.3 is 0 Å². The maximum Gasteiger partial charge on any atom is 0.227 e. The molecule has 0 bridgehead atoms. The van der Waals surface area contributed by atoms with Crippen LogP contribution in [0.1, 0.15) is 49.5 Å². The monoisotopic (exact) mass is 259 g/mol. The molecule has 19 heavy (non-hydrogen) atoms. The van der Waals surface area contributed by atoms with Gasteiger partial charge in [0.1, 0.15) is 0 Å². The van der Waals surface area contributed by atoms with Crippen LogP contribution >= 0.6 is 0 Å². The lowest BCUT2D eigenvalue weighted by atomic mass is 9.97. The Morgan fingerprint density at radius 1 is 1.32 bits per heavy atom. The molecule has 0 fully saturated rings. The van der Waals surface area contributed by atoms with Crippen LogP contribution in [0.25, 0.3) is 0 Å². The van der Waals surface area contributed by atoms with Crippen LogP contribution in [0.4, 0.5) is 5.69 Å². The van der Waals surface area contributed by atoms with Crippen molar-refractivity contribution < 1.29 is 9.59 Å². The molecule has 1 aromatic rings. The zero-order chi connectivity index (χ0) is 14.0. The molecule has 0 saturated carbocycles. The third-order valence-corrected chi connectivity index (χ3v) is 3.49. The molecule has 3 nitrogen and oxygen atoms in total. The van der Waals surface area contributed by atoms with E-state index in [1.54, 1.807) is 6.92 Å². The van der Waals surface area contributed by atoms with Gasteiger partial charge in [-0.1, -0.05) is 13.8 Å². The quantitative estimate of drug-likeness (QED) is 0.782. The second-order valence-electron chi connectivity index (χ2n) is 5.65. The van der Waals surface area contributed by atoms with Crippen molar-refractivity contribution in [3.63, 3.8) is 0 Å². The first-order valence-corrected chi connectivity index (χ1v) is 6.93. The van der Waals surface area contributed by atoms with Crippen LogP contribution in [-0.4, -0.2) is 18.2 Å². The van der Waals surface area contributed by atoms with E-state index in [2.05, 4.69) is 13.8 Å². The summed E-state index contributed by atoms with van der Waals surface area (Å²) in [7, 11) is 0. The summed E-state index contributed by atoms with van der Waals surface area (Å²) in [6, 6.07) is 5.68. The number of fused-ring (bicyclic) bond motifs is 1. The molecule has 102 valence electrons. The van der Waals surface area contributed by atoms with Gasteiger partial charge in [0, 0.05) is 24.2 Å². The molecular weight excluding hydrogens is 238 g/mol. The fraction of sp³-hybridized carbons (Fsp3) is 0.500. The number of hydrogen-bond acceptors (Lipinski definition) is 2. The molecule has 1 aromatic carbocycles. The van der Waals surface area contributed by atoms with Gasteiger partial charge in [-0.25, -0.2) is 0 Å². The van der Waals surface area contributed by atoms with E-state index in [-0.39, 0.29) is 11.7 Å². The van der Waals surface area contributed by atoms with Gasteiger partial charge in [-0.05, 0) is 49.4 Å². The number of Topliss-reactive ketones (excluding diaryl/α,β-unsaturated/α-hetero) is 1. The van der Waals surface area contributed by atoms with E-state index >= 15 is 0 Å². The Balaban J connectivity index is 2.29. The molecule has 2 rings (SSSR count). The number of hydrogen-bond donors (Lipinski definition) is 0. The number of carbonyl (C=O) groups excluding carboxylic acids is 2. The van der Waals surface area contributed by atoms with Crippen LogP contribution in [0.2, 0.25) is 0 Å². The van der Waals surface area contributed by atoms with Gasteiger partial charge in [0.2, 0.25) is 5.91 Å². The molecular formula is C16H21NO2. The average molecular weight is 259 g/mol. The van der Waals surface area contributed by atoms with Crippen molar-refractivity contribution in [2.75, 3.05) is 11.4 Å². The van der Waals surface area contributed by atoms with E-state index in [1.807, 2.05) is 23.1 Å². The van der Waals surface area contributed by atoms with Crippen molar-refractivity contribution in [1.29, 1.82) is 0 Å². The molecule has 0 unspecified atom stereocenters. The number of carbonyl (C=O) groups is 2. The molecule has 1 aliphatic heterocycles. The zero-order valence-corrected chi connectivity index (χ0v) is 11.9. The van der Waals surface area contributed by atoms with Gasteiger partial charge in [0.05, 0.1) is 0 Å². The Hall–Kier alpha value is -1.64. The second-order valence-corrected chi connectivity index (χ2v) is 5.65. The highest BCUT2D eigenvalue weighted by Crippen LogP contribution is 2.29. The molecule has 0 spiro atoms. The summed E-state index contributed by atoms with van der Waals surface area (Å²) in [4.78, 5) is 25.5. The van der Waals surface area contributed by atoms with Crippen molar-refractivity contribution in [2.24, 2.45) is 5.92 Å². The number of benzene rings is 1. The molecule has 1 heterocycles. The summed E-state index contributed by atoms with van der Waals surface area (Å²) in [5.74, 6) is 0.634. The first-order chi connectivity index (χ1) is 8.99. The smallest absolute Gasteiger partial charge is 0.227 e. The van der Waals surface area contributed by atoms with E-state index < -0.39 is 0 Å². The van der Waals surface area contributed by atoms with E-state index in [0.29, 0.717) is 12.3 Å². The normalized spacial score (nSPS) is 14.4. The van der Waals surface area contributed by atoms with Gasteiger partial charge in [0.15, 0.2) is 5.78 Å². The van der Waals surface area contributed by atoms with Gasteiger partial charge in [0.25, 0.3) is 0 Å². The molecule has 0 aliphatic carbocycles. The summed E-state index contributed by atoms with van der Waals surface area (Å²) in [5, 5.41) is 0. The summed E-state index contributed by atoms with van der Waals surface area (Å²) in [6.45, 7) is 6.48. The molecule has 1 amide bonds. The highest BCUT2D eigenvalue weighted by Gasteiger charge is 2.23. The van der Waals surface area contributed by atoms with Crippen LogP contribution in [0.5, 0.6) is 0 Å². The summed E-state index contributed by atoms with van der Waals surface area (Å²) >= 11 is 0. The minimum absolute atomic E-state index is 0.0773. The largest absolute Gasteiger partial charge is 0.312 e. The van der Waals surface area contributed by atoms with Crippen LogP contribution in [0.15, 0.2) is 18.2 Å². The predicted molar refractivity (Wildman–Crippen MR) is 76.6 cm³/mol. The SMILES string of the molecule is CC(=O)c1ccc2c(c1)CCCN2C(=O)CC(C)C. The topological polar surface area (TPSA) is 37.4 Å². The van der Waals surface area contributed by atoms with E-state index in [0.717, 1.165) is 36.2 Å². The summed E-state index contributed by atoms with van der Waals surface area (Å²) in [6.07, 6.45) is 2.49. The van der Waals surface area contributed by atoms with Crippen LogP contribution in [-0.2, 0) is 11.2 Å². The molecule has 0 N–H and O–H groups in total. The third-order valence-electron chi connectivity index (χ3n) is 3.49. The maximum atomic E-state index is 12.2. The van der Waals surface area contributed by atoms with Crippen molar-refractivity contribution in [1.82, 2.24) is 0 Å². The lowest BCUT2D eigenvalue weighted by molar-refractivity contribution is -0.119. The van der Waals surface area contributed by atoms with E-state index in [1.165, 1.54) is 0 Å². The summed E-state index contributed by atoms with van der Waals surface area (Å²) in [5.41, 5.74) is 2.84. The van der Waals surface area contributed by atoms with Gasteiger partial charge in [-0.3, -0.25) is 9.59 Å². The van der Waals surface area contributed by atoms with Crippen LogP contribution in [0, 0.1) is 5.92 Å². The molecule has 0 atom stereocenters. The Morgan fingerprint density at radius 2 is 2.05 bits per heavy atom. The van der Waals surface area contributed by atoms with Gasteiger partial charge in [-0.2, -0.15) is 0 Å². The fourth-order valence-corrected chi connectivity index (χ4v) is 2.53. The van der Waals surface area contributed by atoms with Crippen LogP contribution < -0.4 is 4.90 Å². The Bertz CT molecular complexity index is 505. The number of anilines is 1. The van der Waals surface area contributed by atoms with E-state index in [9.17, 15) is 9.59 Å². The zero-order valence-electron chi connectivity index (χ0n) is 11.9. The van der Waals surface area contributed by atoms with Crippen molar-refractivity contribution >= 4 is 17.4 Å². The molecule has 0 radical (unpaired) electrons. The highest BCUT2D eigenvalue weighted by atomic mass is 16.2. The lowest BCUT2D eigenvalue weighted by Gasteiger charge is -2.30. The molecule has 1 aliphatic rings. The predicted octanol–water partition coefficient (Wildman–Crippen LogP) is 3.21. The maximum absolute atomic E-state index is 12.2. The minimum Gasteiger partial charge on any atom is -0.312 e. The first kappa shape index (κ1) is 13.8. The molecule has 3 heteroatoms. The number of rotatable bonds is 3. The van der Waals surface area contributed by atoms with Gasteiger partial charge < -0.3 is 4.90 Å². The van der Waals surface area contributed by atoms with Crippen molar-refractivity contribution in [2.45, 2.75) is 40.0 Å². The number of nitrogens with zero attached hydrogens (tertiary/aromatic N) is 1. The van der Waals surface area contributed by atoms with Crippen molar-refractivity contribution in [3.05, 3.63) is 29.3 Å². The van der Waals surface area contributed by atoms with Gasteiger partial charge in [-0.15, -0.1) is 0 Å². The Kier molecular flexibility index (Phi) is 4.03. The molecule has 0 aromatic heterocycles. The first-order valence-electron chi connectivity index (χ1n) is 6.93. The standard InChI is InChI=1S/C16H21NO2/c1-11(2)9-16(19)17-8-4-5-14-10-13(12(3)18)6-7-15(14)17/h6-7,10-11H,4-5,8-9H2,1-3H3. The minimum atomic E-state index is 0.0773. The van der Waals surface area contributed by atoms with Crippen molar-refractivity contribution in [3.8, 4) is 0 Å². The Labute approximate surface area is 114 Å². The lowest BCUT2D eigenvalue weighted by Crippen LogP contribution is -2.36. The number of amides is 1. The second kappa shape index (κ2) is 5.55. The number of ketones is 1. The number of aryl methyl sites for hydroxylation is 1. The highest BCUT2D eigenvalue weighted by molar-refractivity contribution is 5.97. The van der Waals surface area contributed by atoms with Crippen LogP contribution in [0.3, 0.4) is 0 Å². The van der Waals surface area contributed by atoms with E-state index in [4.69, 9.17) is 0 Å². The fourth-order valence-electron chi connectivity index (χ4n) is 2.53. The third kappa shape index (κ3) is 3.03.